The first-order valence-electron chi connectivity index (χ1n) is 9.36. The molecule has 29 heavy (non-hydrogen) atoms. The molecule has 0 saturated heterocycles. The van der Waals surface area contributed by atoms with E-state index in [1.165, 1.54) is 5.56 Å². The molecule has 0 aliphatic carbocycles. The van der Waals surface area contributed by atoms with Gasteiger partial charge < -0.3 is 19.8 Å². The van der Waals surface area contributed by atoms with Crippen LogP contribution in [0.2, 0.25) is 0 Å². The van der Waals surface area contributed by atoms with Crippen LogP contribution in [-0.4, -0.2) is 18.0 Å². The molecular formula is C24H22N2O3. The summed E-state index contributed by atoms with van der Waals surface area (Å²) in [5, 5.41) is 4.01. The fraction of sp³-hybridized carbons (Fsp3) is 0.125. The van der Waals surface area contributed by atoms with Crippen LogP contribution in [0.25, 0.3) is 10.9 Å². The predicted molar refractivity (Wildman–Crippen MR) is 115 cm³/mol. The van der Waals surface area contributed by atoms with Crippen LogP contribution in [0.15, 0.2) is 66.7 Å². The zero-order valence-corrected chi connectivity index (χ0v) is 16.6. The molecule has 0 saturated carbocycles. The Kier molecular flexibility index (Phi) is 4.96. The Morgan fingerprint density at radius 3 is 2.38 bits per heavy atom. The smallest absolute Gasteiger partial charge is 0.255 e. The second-order valence-electron chi connectivity index (χ2n) is 6.89. The molecule has 0 atom stereocenters. The van der Waals surface area contributed by atoms with Gasteiger partial charge in [0, 0.05) is 27.8 Å². The Bertz CT molecular complexity index is 1180. The van der Waals surface area contributed by atoms with Crippen molar-refractivity contribution in [2.75, 3.05) is 12.4 Å². The zero-order chi connectivity index (χ0) is 20.4. The summed E-state index contributed by atoms with van der Waals surface area (Å²) in [6.07, 6.45) is 0. The lowest BCUT2D eigenvalue weighted by Gasteiger charge is -2.09. The van der Waals surface area contributed by atoms with Crippen molar-refractivity contribution in [2.45, 2.75) is 13.8 Å². The SMILES string of the molecule is COc1ccc(NC(=O)c2cccc(Oc3ccc4[nH]c(C)c(C)c4c3)c2)cc1. The minimum absolute atomic E-state index is 0.201. The van der Waals surface area contributed by atoms with Crippen LogP contribution in [0, 0.1) is 13.8 Å². The van der Waals surface area contributed by atoms with Gasteiger partial charge in [-0.2, -0.15) is 0 Å². The van der Waals surface area contributed by atoms with Gasteiger partial charge in [0.05, 0.1) is 7.11 Å². The molecule has 0 spiro atoms. The minimum atomic E-state index is -0.201. The van der Waals surface area contributed by atoms with Gasteiger partial charge in [0.1, 0.15) is 17.2 Å². The predicted octanol–water partition coefficient (Wildman–Crippen LogP) is 5.84. The number of rotatable bonds is 5. The average molecular weight is 386 g/mol. The molecule has 0 fully saturated rings. The first-order chi connectivity index (χ1) is 14.0. The highest BCUT2D eigenvalue weighted by atomic mass is 16.5. The van der Waals surface area contributed by atoms with E-state index < -0.39 is 0 Å². The van der Waals surface area contributed by atoms with Crippen molar-refractivity contribution in [3.8, 4) is 17.2 Å². The van der Waals surface area contributed by atoms with E-state index in [1.54, 1.807) is 43.5 Å². The number of aryl methyl sites for hydroxylation is 2. The third kappa shape index (κ3) is 3.94. The second kappa shape index (κ2) is 7.72. The van der Waals surface area contributed by atoms with Gasteiger partial charge in [-0.05, 0) is 80.1 Å². The van der Waals surface area contributed by atoms with Gasteiger partial charge in [0.25, 0.3) is 5.91 Å². The van der Waals surface area contributed by atoms with E-state index in [2.05, 4.69) is 24.1 Å². The van der Waals surface area contributed by atoms with Gasteiger partial charge in [0.15, 0.2) is 0 Å². The Morgan fingerprint density at radius 1 is 0.897 bits per heavy atom. The fourth-order valence-corrected chi connectivity index (χ4v) is 3.22. The monoisotopic (exact) mass is 386 g/mol. The lowest BCUT2D eigenvalue weighted by Crippen LogP contribution is -2.11. The largest absolute Gasteiger partial charge is 0.497 e. The number of anilines is 1. The molecule has 2 N–H and O–H groups in total. The standard InChI is InChI=1S/C24H22N2O3/c1-15-16(2)25-23-12-11-21(14-22(15)23)29-20-6-4-5-17(13-20)24(27)26-18-7-9-19(28-3)10-8-18/h4-14,25H,1-3H3,(H,26,27). The molecule has 1 amide bonds. The number of benzene rings is 3. The Labute approximate surface area is 169 Å². The quantitative estimate of drug-likeness (QED) is 0.453. The summed E-state index contributed by atoms with van der Waals surface area (Å²) in [5.41, 5.74) is 4.66. The van der Waals surface area contributed by atoms with Gasteiger partial charge in [-0.25, -0.2) is 0 Å². The zero-order valence-electron chi connectivity index (χ0n) is 16.6. The van der Waals surface area contributed by atoms with Gasteiger partial charge in [0.2, 0.25) is 0 Å². The summed E-state index contributed by atoms with van der Waals surface area (Å²) < 4.78 is 11.1. The Hall–Kier alpha value is -3.73. The van der Waals surface area contributed by atoms with Crippen molar-refractivity contribution in [2.24, 2.45) is 0 Å². The number of nitrogens with one attached hydrogen (secondary N) is 2. The first-order valence-corrected chi connectivity index (χ1v) is 9.36. The molecule has 0 aliphatic rings. The highest BCUT2D eigenvalue weighted by Gasteiger charge is 2.10. The van der Waals surface area contributed by atoms with E-state index in [0.717, 1.165) is 28.1 Å². The number of fused-ring (bicyclic) bond motifs is 1. The molecule has 1 heterocycles. The molecule has 0 radical (unpaired) electrons. The van der Waals surface area contributed by atoms with E-state index in [9.17, 15) is 4.79 Å². The number of hydrogen-bond donors (Lipinski definition) is 2. The van der Waals surface area contributed by atoms with Crippen LogP contribution in [0.4, 0.5) is 5.69 Å². The van der Waals surface area contributed by atoms with Gasteiger partial charge in [-0.15, -0.1) is 0 Å². The molecule has 146 valence electrons. The Balaban J connectivity index is 1.52. The van der Waals surface area contributed by atoms with E-state index in [4.69, 9.17) is 9.47 Å². The molecule has 3 aromatic carbocycles. The maximum atomic E-state index is 12.6. The molecule has 0 bridgehead atoms. The van der Waals surface area contributed by atoms with Crippen molar-refractivity contribution in [3.63, 3.8) is 0 Å². The third-order valence-corrected chi connectivity index (χ3v) is 4.96. The number of methoxy groups -OCH3 is 1. The molecule has 1 aromatic heterocycles. The van der Waals surface area contributed by atoms with Gasteiger partial charge >= 0.3 is 0 Å². The molecule has 5 nitrogen and oxygen atoms in total. The van der Waals surface area contributed by atoms with Crippen LogP contribution in [-0.2, 0) is 0 Å². The summed E-state index contributed by atoms with van der Waals surface area (Å²) in [4.78, 5) is 15.9. The van der Waals surface area contributed by atoms with E-state index in [-0.39, 0.29) is 5.91 Å². The molecule has 4 aromatic rings. The van der Waals surface area contributed by atoms with Crippen LogP contribution >= 0.6 is 0 Å². The molecule has 0 unspecified atom stereocenters. The summed E-state index contributed by atoms with van der Waals surface area (Å²) in [7, 11) is 1.61. The molecule has 5 heteroatoms. The number of H-pyrrole nitrogens is 1. The van der Waals surface area contributed by atoms with E-state index in [0.29, 0.717) is 17.0 Å². The molecular weight excluding hydrogens is 364 g/mol. The second-order valence-corrected chi connectivity index (χ2v) is 6.89. The minimum Gasteiger partial charge on any atom is -0.497 e. The highest BCUT2D eigenvalue weighted by Crippen LogP contribution is 2.29. The maximum Gasteiger partial charge on any atom is 0.255 e. The summed E-state index contributed by atoms with van der Waals surface area (Å²) in [6.45, 7) is 4.14. The number of ether oxygens (including phenoxy) is 2. The van der Waals surface area contributed by atoms with E-state index >= 15 is 0 Å². The van der Waals surface area contributed by atoms with E-state index in [1.807, 2.05) is 30.3 Å². The van der Waals surface area contributed by atoms with Crippen molar-refractivity contribution in [1.82, 2.24) is 4.98 Å². The molecule has 4 rings (SSSR count). The normalized spacial score (nSPS) is 10.7. The highest BCUT2D eigenvalue weighted by molar-refractivity contribution is 6.04. The number of aromatic amines is 1. The van der Waals surface area contributed by atoms with Gasteiger partial charge in [-0.1, -0.05) is 6.07 Å². The number of carbonyl (C=O) groups is 1. The van der Waals surface area contributed by atoms with Crippen LogP contribution in [0.1, 0.15) is 21.6 Å². The van der Waals surface area contributed by atoms with Crippen LogP contribution in [0.5, 0.6) is 17.2 Å². The van der Waals surface area contributed by atoms with Crippen molar-refractivity contribution in [1.29, 1.82) is 0 Å². The summed E-state index contributed by atoms with van der Waals surface area (Å²) >= 11 is 0. The number of hydrogen-bond acceptors (Lipinski definition) is 3. The van der Waals surface area contributed by atoms with Crippen molar-refractivity contribution >= 4 is 22.5 Å². The first kappa shape index (κ1) is 18.6. The lowest BCUT2D eigenvalue weighted by atomic mass is 10.1. The topological polar surface area (TPSA) is 63.4 Å². The summed E-state index contributed by atoms with van der Waals surface area (Å²) in [5.74, 6) is 1.88. The fourth-order valence-electron chi connectivity index (χ4n) is 3.22. The Morgan fingerprint density at radius 2 is 1.62 bits per heavy atom. The number of amides is 1. The third-order valence-electron chi connectivity index (χ3n) is 4.96. The summed E-state index contributed by atoms with van der Waals surface area (Å²) in [6, 6.07) is 20.3. The van der Waals surface area contributed by atoms with Crippen LogP contribution in [0.3, 0.4) is 0 Å². The average Bonchev–Trinajstić information content (AvgIpc) is 3.02. The van der Waals surface area contributed by atoms with Crippen LogP contribution < -0.4 is 14.8 Å². The number of aromatic nitrogens is 1. The van der Waals surface area contributed by atoms with Gasteiger partial charge in [-0.3, -0.25) is 4.79 Å². The molecule has 0 aliphatic heterocycles. The lowest BCUT2D eigenvalue weighted by molar-refractivity contribution is 0.102. The number of carbonyl (C=O) groups excluding carboxylic acids is 1. The van der Waals surface area contributed by atoms with Crippen molar-refractivity contribution in [3.05, 3.63) is 83.6 Å². The van der Waals surface area contributed by atoms with Crippen molar-refractivity contribution < 1.29 is 14.3 Å². The maximum absolute atomic E-state index is 12.6.